The average Bonchev–Trinajstić information content (AvgIpc) is 2.43. The van der Waals surface area contributed by atoms with Gasteiger partial charge in [-0.15, -0.1) is 0 Å². The van der Waals surface area contributed by atoms with Gasteiger partial charge in [0.05, 0.1) is 5.60 Å². The highest BCUT2D eigenvalue weighted by atomic mass is 19.4. The molecule has 0 saturated heterocycles. The van der Waals surface area contributed by atoms with Crippen molar-refractivity contribution in [1.29, 1.82) is 0 Å². The third kappa shape index (κ3) is 4.59. The first-order valence-electron chi connectivity index (χ1n) is 7.00. The third-order valence-electron chi connectivity index (χ3n) is 3.61. The summed E-state index contributed by atoms with van der Waals surface area (Å²) in [6.45, 7) is 0.672. The number of rotatable bonds is 7. The summed E-state index contributed by atoms with van der Waals surface area (Å²) in [5.74, 6) is -19.4. The number of hydrogen-bond donors (Lipinski definition) is 1. The minimum atomic E-state index is -6.95. The number of benzene rings is 1. The lowest BCUT2D eigenvalue weighted by atomic mass is 9.87. The molecule has 0 saturated carbocycles. The van der Waals surface area contributed by atoms with Gasteiger partial charge in [-0.05, 0) is 25.3 Å². The van der Waals surface area contributed by atoms with E-state index >= 15 is 0 Å². The van der Waals surface area contributed by atoms with Crippen LogP contribution in [0.25, 0.3) is 0 Å². The number of hydrogen-bond acceptors (Lipinski definition) is 1. The van der Waals surface area contributed by atoms with Crippen molar-refractivity contribution in [2.45, 2.75) is 55.7 Å². The second-order valence-corrected chi connectivity index (χ2v) is 6.01. The second-order valence-electron chi connectivity index (χ2n) is 6.01. The van der Waals surface area contributed by atoms with Crippen molar-refractivity contribution in [3.05, 3.63) is 35.9 Å². The molecule has 1 rings (SSSR count). The van der Waals surface area contributed by atoms with E-state index in [4.69, 9.17) is 0 Å². The summed E-state index contributed by atoms with van der Waals surface area (Å²) in [5, 5.41) is 9.80. The Bertz CT molecular complexity index is 564. The van der Waals surface area contributed by atoms with Gasteiger partial charge in [-0.3, -0.25) is 0 Å². The van der Waals surface area contributed by atoms with Crippen LogP contribution in [0.5, 0.6) is 0 Å². The van der Waals surface area contributed by atoms with Crippen LogP contribution in [0.2, 0.25) is 0 Å². The Hall–Kier alpha value is -1.45. The summed E-state index contributed by atoms with van der Waals surface area (Å²) in [6.07, 6.45) is -9.73. The Morgan fingerprint density at radius 3 is 1.72 bits per heavy atom. The molecular formula is C15H15F9O. The van der Waals surface area contributed by atoms with Gasteiger partial charge < -0.3 is 5.11 Å². The number of aryl methyl sites for hydroxylation is 1. The van der Waals surface area contributed by atoms with Crippen LogP contribution >= 0.6 is 0 Å². The zero-order valence-electron chi connectivity index (χ0n) is 12.9. The Morgan fingerprint density at radius 1 is 0.800 bits per heavy atom. The zero-order valence-corrected chi connectivity index (χ0v) is 12.9. The molecule has 1 aromatic rings. The van der Waals surface area contributed by atoms with E-state index < -0.39 is 42.4 Å². The van der Waals surface area contributed by atoms with Crippen molar-refractivity contribution < 1.29 is 44.6 Å². The van der Waals surface area contributed by atoms with Crippen molar-refractivity contribution in [3.8, 4) is 0 Å². The third-order valence-corrected chi connectivity index (χ3v) is 3.61. The maximum atomic E-state index is 13.6. The summed E-state index contributed by atoms with van der Waals surface area (Å²) in [7, 11) is 0. The Kier molecular flexibility index (Phi) is 5.78. The topological polar surface area (TPSA) is 20.2 Å². The molecule has 1 atom stereocenters. The number of alkyl halides is 9. The maximum Gasteiger partial charge on any atom is 0.460 e. The molecule has 1 N–H and O–H groups in total. The Morgan fingerprint density at radius 2 is 1.28 bits per heavy atom. The lowest BCUT2D eigenvalue weighted by Gasteiger charge is -2.37. The van der Waals surface area contributed by atoms with E-state index in [2.05, 4.69) is 0 Å². The first-order valence-corrected chi connectivity index (χ1v) is 7.00. The maximum absolute atomic E-state index is 13.6. The van der Waals surface area contributed by atoms with Crippen molar-refractivity contribution >= 4 is 0 Å². The summed E-state index contributed by atoms with van der Waals surface area (Å²) in [4.78, 5) is 0. The van der Waals surface area contributed by atoms with Gasteiger partial charge in [-0.2, -0.15) is 39.5 Å². The number of halogens is 9. The highest BCUT2D eigenvalue weighted by Crippen LogP contribution is 2.55. The molecule has 10 heteroatoms. The van der Waals surface area contributed by atoms with Gasteiger partial charge in [0.25, 0.3) is 0 Å². The van der Waals surface area contributed by atoms with E-state index in [-0.39, 0.29) is 6.42 Å². The van der Waals surface area contributed by atoms with Crippen LogP contribution in [0.4, 0.5) is 39.5 Å². The normalized spacial score (nSPS) is 16.6. The van der Waals surface area contributed by atoms with Gasteiger partial charge in [-0.1, -0.05) is 30.3 Å². The van der Waals surface area contributed by atoms with E-state index in [1.165, 1.54) is 0 Å². The minimum Gasteiger partial charge on any atom is -0.390 e. The summed E-state index contributed by atoms with van der Waals surface area (Å²) >= 11 is 0. The van der Waals surface area contributed by atoms with E-state index in [0.29, 0.717) is 12.5 Å². The molecule has 0 aliphatic rings. The fourth-order valence-corrected chi connectivity index (χ4v) is 2.14. The molecule has 0 heterocycles. The molecule has 1 nitrogen and oxygen atoms in total. The molecule has 0 spiro atoms. The minimum absolute atomic E-state index is 0.0643. The van der Waals surface area contributed by atoms with Crippen LogP contribution in [0, 0.1) is 0 Å². The van der Waals surface area contributed by atoms with Gasteiger partial charge in [0.15, 0.2) is 0 Å². The van der Waals surface area contributed by atoms with Crippen LogP contribution in [-0.4, -0.2) is 34.7 Å². The molecule has 144 valence electrons. The molecule has 1 unspecified atom stereocenters. The van der Waals surface area contributed by atoms with Crippen molar-refractivity contribution in [1.82, 2.24) is 0 Å². The van der Waals surface area contributed by atoms with Crippen molar-refractivity contribution in [2.24, 2.45) is 0 Å². The highest BCUT2D eigenvalue weighted by molar-refractivity contribution is 5.15. The van der Waals surface area contributed by atoms with Gasteiger partial charge in [0.2, 0.25) is 0 Å². The molecule has 0 fully saturated rings. The zero-order chi connectivity index (χ0) is 19.7. The lowest BCUT2D eigenvalue weighted by molar-refractivity contribution is -0.399. The number of aliphatic hydroxyl groups is 1. The van der Waals surface area contributed by atoms with Crippen LogP contribution < -0.4 is 0 Å². The van der Waals surface area contributed by atoms with Crippen LogP contribution in [0.1, 0.15) is 25.3 Å². The fraction of sp³-hybridized carbons (Fsp3) is 0.600. The van der Waals surface area contributed by atoms with Crippen LogP contribution in [-0.2, 0) is 6.42 Å². The Labute approximate surface area is 137 Å². The van der Waals surface area contributed by atoms with Gasteiger partial charge in [0.1, 0.15) is 0 Å². The molecule has 0 aliphatic heterocycles. The molecule has 0 radical (unpaired) electrons. The molecular weight excluding hydrogens is 367 g/mol. The second kappa shape index (κ2) is 6.69. The standard InChI is InChI=1S/C15H15F9O/c1-11(25,8-7-10-5-3-2-4-6-10)9-12(16,17)13(18,19)14(20,21)15(22,23)24/h2-6,25H,7-9H2,1H3. The van der Waals surface area contributed by atoms with Crippen LogP contribution in [0.3, 0.4) is 0 Å². The predicted octanol–water partition coefficient (Wildman–Crippen LogP) is 5.23. The quantitative estimate of drug-likeness (QED) is 0.641. The lowest BCUT2D eigenvalue weighted by Crippen LogP contribution is -2.62. The van der Waals surface area contributed by atoms with E-state index in [9.17, 15) is 44.6 Å². The molecule has 0 aliphatic carbocycles. The SMILES string of the molecule is CC(O)(CCc1ccccc1)CC(F)(F)C(F)(F)C(F)(F)C(F)(F)F. The molecule has 25 heavy (non-hydrogen) atoms. The summed E-state index contributed by atoms with van der Waals surface area (Å²) in [6, 6.07) is 7.88. The van der Waals surface area contributed by atoms with Crippen molar-refractivity contribution in [3.63, 3.8) is 0 Å². The van der Waals surface area contributed by atoms with Crippen molar-refractivity contribution in [2.75, 3.05) is 0 Å². The molecule has 1 aromatic carbocycles. The van der Waals surface area contributed by atoms with E-state index in [1.807, 2.05) is 0 Å². The first-order chi connectivity index (χ1) is 11.0. The van der Waals surface area contributed by atoms with Crippen LogP contribution in [0.15, 0.2) is 30.3 Å². The molecule has 0 aromatic heterocycles. The summed E-state index contributed by atoms with van der Waals surface area (Å²) in [5.41, 5.74) is -2.05. The van der Waals surface area contributed by atoms with E-state index in [0.717, 1.165) is 0 Å². The van der Waals surface area contributed by atoms with Gasteiger partial charge in [0, 0.05) is 6.42 Å². The summed E-state index contributed by atoms with van der Waals surface area (Å²) < 4.78 is 115. The highest BCUT2D eigenvalue weighted by Gasteiger charge is 2.81. The fourth-order valence-electron chi connectivity index (χ4n) is 2.14. The van der Waals surface area contributed by atoms with Gasteiger partial charge in [-0.25, -0.2) is 0 Å². The monoisotopic (exact) mass is 382 g/mol. The smallest absolute Gasteiger partial charge is 0.390 e. The largest absolute Gasteiger partial charge is 0.460 e. The first kappa shape index (κ1) is 21.6. The predicted molar refractivity (Wildman–Crippen MR) is 70.9 cm³/mol. The average molecular weight is 382 g/mol. The molecule has 0 bridgehead atoms. The van der Waals surface area contributed by atoms with E-state index in [1.54, 1.807) is 30.3 Å². The molecule has 0 amide bonds. The van der Waals surface area contributed by atoms with Gasteiger partial charge >= 0.3 is 23.9 Å². The Balaban J connectivity index is 2.93.